The summed E-state index contributed by atoms with van der Waals surface area (Å²) in [6, 6.07) is 24.1. The molecule has 0 aliphatic carbocycles. The van der Waals surface area contributed by atoms with Gasteiger partial charge in [-0.2, -0.15) is 0 Å². The van der Waals surface area contributed by atoms with Crippen molar-refractivity contribution in [1.82, 2.24) is 15.3 Å². The number of hydrogen-bond acceptors (Lipinski definition) is 7. The molecule has 9 heteroatoms. The molecular weight excluding hydrogens is 504 g/mol. The van der Waals surface area contributed by atoms with Gasteiger partial charge in [-0.15, -0.1) is 0 Å². The third-order valence-corrected chi connectivity index (χ3v) is 7.17. The average molecular weight is 533 g/mol. The second-order valence-corrected chi connectivity index (χ2v) is 9.72. The van der Waals surface area contributed by atoms with Gasteiger partial charge in [-0.1, -0.05) is 42.5 Å². The van der Waals surface area contributed by atoms with Crippen LogP contribution in [-0.2, 0) is 0 Å². The maximum absolute atomic E-state index is 13.3. The Morgan fingerprint density at radius 1 is 0.800 bits per heavy atom. The summed E-state index contributed by atoms with van der Waals surface area (Å²) in [5, 5.41) is 24.7. The molecule has 4 aromatic carbocycles. The van der Waals surface area contributed by atoms with Crippen molar-refractivity contribution in [2.24, 2.45) is 0 Å². The van der Waals surface area contributed by atoms with Crippen molar-refractivity contribution in [1.29, 1.82) is 0 Å². The zero-order chi connectivity index (χ0) is 27.6. The summed E-state index contributed by atoms with van der Waals surface area (Å²) < 4.78 is 0. The number of H-pyrrole nitrogens is 1. The second kappa shape index (κ2) is 10.6. The third kappa shape index (κ3) is 4.56. The highest BCUT2D eigenvalue weighted by atomic mass is 16.6. The van der Waals surface area contributed by atoms with Crippen molar-refractivity contribution in [2.45, 2.75) is 6.92 Å². The van der Waals surface area contributed by atoms with Gasteiger partial charge in [-0.25, -0.2) is 4.98 Å². The number of fused-ring (bicyclic) bond motifs is 4. The second-order valence-electron chi connectivity index (χ2n) is 9.72. The predicted molar refractivity (Wildman–Crippen MR) is 163 cm³/mol. The molecule has 0 saturated heterocycles. The Morgan fingerprint density at radius 3 is 2.35 bits per heavy atom. The van der Waals surface area contributed by atoms with E-state index in [1.807, 2.05) is 67.6 Å². The van der Waals surface area contributed by atoms with Crippen LogP contribution in [0.3, 0.4) is 0 Å². The fraction of sp³-hybridized carbons (Fsp3) is 0.161. The van der Waals surface area contributed by atoms with E-state index in [2.05, 4.69) is 25.9 Å². The maximum atomic E-state index is 13.3. The van der Waals surface area contributed by atoms with Gasteiger partial charge in [0.15, 0.2) is 5.43 Å². The number of non-ortho nitro benzene ring substituents is 1. The molecule has 0 spiro atoms. The maximum Gasteiger partial charge on any atom is 0.280 e. The number of hydrogen-bond donors (Lipinski definition) is 4. The number of aromatic nitrogens is 2. The van der Waals surface area contributed by atoms with E-state index in [4.69, 9.17) is 0 Å². The first-order chi connectivity index (χ1) is 19.5. The molecule has 0 bridgehead atoms. The molecule has 0 amide bonds. The van der Waals surface area contributed by atoms with Crippen LogP contribution in [0.4, 0.5) is 17.1 Å². The van der Waals surface area contributed by atoms with E-state index >= 15 is 0 Å². The number of nitro benzene ring substituents is 1. The Bertz CT molecular complexity index is 1970. The lowest BCUT2D eigenvalue weighted by atomic mass is 10.1. The molecule has 0 radical (unpaired) electrons. The van der Waals surface area contributed by atoms with Crippen molar-refractivity contribution in [3.8, 4) is 0 Å². The Hall–Kier alpha value is -5.02. The van der Waals surface area contributed by atoms with E-state index in [1.54, 1.807) is 12.1 Å². The van der Waals surface area contributed by atoms with Crippen molar-refractivity contribution in [2.75, 3.05) is 36.8 Å². The van der Waals surface area contributed by atoms with E-state index in [1.165, 1.54) is 6.07 Å². The lowest BCUT2D eigenvalue weighted by Crippen LogP contribution is -2.27. The molecule has 40 heavy (non-hydrogen) atoms. The SMILES string of the molecule is Cc1ccc(NCCNCCNc2c3ccccc3nc3cccc([N+](=O)[O-])c23)c2c(=O)c3ccccc3[nH]c12. The average Bonchev–Trinajstić information content (AvgIpc) is 2.97. The molecule has 9 nitrogen and oxygen atoms in total. The van der Waals surface area contributed by atoms with Crippen molar-refractivity contribution >= 4 is 60.7 Å². The molecule has 200 valence electrons. The van der Waals surface area contributed by atoms with Crippen LogP contribution in [0.2, 0.25) is 0 Å². The molecule has 0 atom stereocenters. The van der Waals surface area contributed by atoms with Gasteiger partial charge in [0.05, 0.1) is 32.5 Å². The number of aryl methyl sites for hydroxylation is 1. The lowest BCUT2D eigenvalue weighted by molar-refractivity contribution is -0.383. The van der Waals surface area contributed by atoms with Gasteiger partial charge in [0.1, 0.15) is 5.39 Å². The molecule has 6 rings (SSSR count). The van der Waals surface area contributed by atoms with Crippen LogP contribution < -0.4 is 21.4 Å². The van der Waals surface area contributed by atoms with E-state index in [-0.39, 0.29) is 16.0 Å². The highest BCUT2D eigenvalue weighted by Gasteiger charge is 2.19. The molecule has 2 aromatic heterocycles. The lowest BCUT2D eigenvalue weighted by Gasteiger charge is -2.14. The zero-order valence-electron chi connectivity index (χ0n) is 22.0. The van der Waals surface area contributed by atoms with Gasteiger partial charge in [-0.05, 0) is 42.8 Å². The molecule has 6 aromatic rings. The van der Waals surface area contributed by atoms with Gasteiger partial charge in [0.25, 0.3) is 5.69 Å². The van der Waals surface area contributed by atoms with Crippen molar-refractivity contribution in [3.05, 3.63) is 105 Å². The third-order valence-electron chi connectivity index (χ3n) is 7.17. The van der Waals surface area contributed by atoms with Gasteiger partial charge in [-0.3, -0.25) is 14.9 Å². The number of para-hydroxylation sites is 2. The van der Waals surface area contributed by atoms with Gasteiger partial charge >= 0.3 is 0 Å². The summed E-state index contributed by atoms with van der Waals surface area (Å²) >= 11 is 0. The summed E-state index contributed by atoms with van der Waals surface area (Å²) in [5.41, 5.74) is 5.61. The van der Waals surface area contributed by atoms with Crippen LogP contribution in [0, 0.1) is 17.0 Å². The Balaban J connectivity index is 1.14. The summed E-state index contributed by atoms with van der Waals surface area (Å²) in [4.78, 5) is 32.7. The van der Waals surface area contributed by atoms with Crippen LogP contribution in [0.25, 0.3) is 43.6 Å². The number of aromatic amines is 1. The van der Waals surface area contributed by atoms with Crippen LogP contribution in [0.1, 0.15) is 5.56 Å². The largest absolute Gasteiger partial charge is 0.383 e. The minimum atomic E-state index is -0.365. The molecular formula is C31H28N6O3. The van der Waals surface area contributed by atoms with E-state index < -0.39 is 0 Å². The minimum Gasteiger partial charge on any atom is -0.383 e. The molecule has 0 saturated carbocycles. The minimum absolute atomic E-state index is 0.0126. The fourth-order valence-corrected chi connectivity index (χ4v) is 5.26. The number of anilines is 2. The van der Waals surface area contributed by atoms with Crippen LogP contribution >= 0.6 is 0 Å². The first-order valence-electron chi connectivity index (χ1n) is 13.2. The van der Waals surface area contributed by atoms with Gasteiger partial charge < -0.3 is 20.9 Å². The number of benzene rings is 4. The van der Waals surface area contributed by atoms with E-state index in [0.717, 1.165) is 33.2 Å². The molecule has 4 N–H and O–H groups in total. The summed E-state index contributed by atoms with van der Waals surface area (Å²) in [7, 11) is 0. The van der Waals surface area contributed by atoms with Crippen LogP contribution in [0.15, 0.2) is 83.7 Å². The predicted octanol–water partition coefficient (Wildman–Crippen LogP) is 5.71. The number of nitrogens with zero attached hydrogens (tertiary/aromatic N) is 2. The van der Waals surface area contributed by atoms with E-state index in [0.29, 0.717) is 53.5 Å². The molecule has 2 heterocycles. The number of pyridine rings is 2. The highest BCUT2D eigenvalue weighted by Crippen LogP contribution is 2.36. The normalized spacial score (nSPS) is 11.4. The summed E-state index contributed by atoms with van der Waals surface area (Å²) in [6.07, 6.45) is 0. The molecule has 0 fully saturated rings. The van der Waals surface area contributed by atoms with Gasteiger partial charge in [0, 0.05) is 54.2 Å². The quantitative estimate of drug-likeness (QED) is 0.0813. The van der Waals surface area contributed by atoms with Crippen molar-refractivity contribution < 1.29 is 4.92 Å². The topological polar surface area (TPSA) is 125 Å². The number of rotatable bonds is 9. The Labute approximate surface area is 229 Å². The Kier molecular flexibility index (Phi) is 6.71. The van der Waals surface area contributed by atoms with Crippen LogP contribution in [0.5, 0.6) is 0 Å². The standard InChI is InChI=1S/C31H28N6O3/c1-19-13-14-24(28-29(19)36-23-10-5-3-8-21(23)31(28)38)33-17-15-32-16-18-34-30-20-7-2-4-9-22(20)35-25-11-6-12-26(27(25)30)37(39)40/h2-14,32-33H,15-18H2,1H3,(H,34,35)(H,36,38). The highest BCUT2D eigenvalue weighted by molar-refractivity contribution is 6.11. The van der Waals surface area contributed by atoms with Crippen molar-refractivity contribution in [3.63, 3.8) is 0 Å². The first kappa shape index (κ1) is 25.3. The van der Waals surface area contributed by atoms with Crippen LogP contribution in [-0.4, -0.2) is 41.1 Å². The summed E-state index contributed by atoms with van der Waals surface area (Å²) in [6.45, 7) is 4.49. The fourth-order valence-electron chi connectivity index (χ4n) is 5.26. The molecule has 0 aliphatic rings. The zero-order valence-corrected chi connectivity index (χ0v) is 22.0. The first-order valence-corrected chi connectivity index (χ1v) is 13.2. The smallest absolute Gasteiger partial charge is 0.280 e. The molecule has 0 unspecified atom stereocenters. The molecule has 0 aliphatic heterocycles. The number of nitro groups is 1. The monoisotopic (exact) mass is 532 g/mol. The summed E-state index contributed by atoms with van der Waals surface area (Å²) in [5.74, 6) is 0. The Morgan fingerprint density at radius 2 is 1.52 bits per heavy atom. The number of nitrogens with one attached hydrogen (secondary N) is 4. The van der Waals surface area contributed by atoms with Gasteiger partial charge in [0.2, 0.25) is 0 Å². The van der Waals surface area contributed by atoms with E-state index in [9.17, 15) is 14.9 Å².